The van der Waals surface area contributed by atoms with Gasteiger partial charge in [-0.05, 0) is 39.9 Å². The van der Waals surface area contributed by atoms with Crippen LogP contribution in [0.1, 0.15) is 19.8 Å². The van der Waals surface area contributed by atoms with Gasteiger partial charge in [0, 0.05) is 12.6 Å². The SMILES string of the molecule is C=CCNC(=O)C(C)NC1CCN(C)CC1. The lowest BCUT2D eigenvalue weighted by atomic mass is 10.0. The van der Waals surface area contributed by atoms with Crippen molar-refractivity contribution in [2.75, 3.05) is 26.7 Å². The molecule has 0 aromatic heterocycles. The van der Waals surface area contributed by atoms with Gasteiger partial charge in [-0.15, -0.1) is 6.58 Å². The van der Waals surface area contributed by atoms with Gasteiger partial charge in [-0.2, -0.15) is 0 Å². The molecule has 1 atom stereocenters. The fourth-order valence-electron chi connectivity index (χ4n) is 1.93. The van der Waals surface area contributed by atoms with Crippen molar-refractivity contribution in [3.05, 3.63) is 12.7 Å². The number of likely N-dealkylation sites (tertiary alicyclic amines) is 1. The van der Waals surface area contributed by atoms with Crippen LogP contribution in [0.2, 0.25) is 0 Å². The van der Waals surface area contributed by atoms with Crippen molar-refractivity contribution in [1.29, 1.82) is 0 Å². The van der Waals surface area contributed by atoms with Crippen LogP contribution in [0.5, 0.6) is 0 Å². The summed E-state index contributed by atoms with van der Waals surface area (Å²) in [4.78, 5) is 13.9. The number of rotatable bonds is 5. The largest absolute Gasteiger partial charge is 0.351 e. The molecule has 1 amide bonds. The summed E-state index contributed by atoms with van der Waals surface area (Å²) in [6, 6.07) is 0.356. The Morgan fingerprint density at radius 2 is 2.19 bits per heavy atom. The molecule has 1 fully saturated rings. The van der Waals surface area contributed by atoms with Gasteiger partial charge in [-0.3, -0.25) is 4.79 Å². The Morgan fingerprint density at radius 1 is 1.56 bits per heavy atom. The molecule has 1 saturated heterocycles. The molecule has 0 radical (unpaired) electrons. The lowest BCUT2D eigenvalue weighted by Crippen LogP contribution is -2.49. The summed E-state index contributed by atoms with van der Waals surface area (Å²) in [7, 11) is 2.14. The van der Waals surface area contributed by atoms with Crippen LogP contribution < -0.4 is 10.6 Å². The van der Waals surface area contributed by atoms with Gasteiger partial charge in [-0.1, -0.05) is 6.08 Å². The highest BCUT2D eigenvalue weighted by atomic mass is 16.2. The number of amides is 1. The van der Waals surface area contributed by atoms with Gasteiger partial charge in [0.15, 0.2) is 0 Å². The van der Waals surface area contributed by atoms with Crippen LogP contribution in [0.3, 0.4) is 0 Å². The van der Waals surface area contributed by atoms with Crippen LogP contribution in [0.25, 0.3) is 0 Å². The number of piperidine rings is 1. The van der Waals surface area contributed by atoms with Gasteiger partial charge in [0.2, 0.25) is 5.91 Å². The van der Waals surface area contributed by atoms with Gasteiger partial charge in [0.05, 0.1) is 6.04 Å². The summed E-state index contributed by atoms with van der Waals surface area (Å²) in [5, 5.41) is 6.18. The zero-order valence-corrected chi connectivity index (χ0v) is 10.3. The minimum absolute atomic E-state index is 0.0545. The van der Waals surface area contributed by atoms with Crippen molar-refractivity contribution in [3.8, 4) is 0 Å². The molecule has 4 nitrogen and oxygen atoms in total. The van der Waals surface area contributed by atoms with E-state index in [1.54, 1.807) is 6.08 Å². The first-order chi connectivity index (χ1) is 7.63. The molecule has 0 saturated carbocycles. The maximum absolute atomic E-state index is 11.6. The molecule has 0 bridgehead atoms. The number of carbonyl (C=O) groups excluding carboxylic acids is 1. The summed E-state index contributed by atoms with van der Waals surface area (Å²) in [5.41, 5.74) is 0. The standard InChI is InChI=1S/C12H23N3O/c1-4-7-13-12(16)10(2)14-11-5-8-15(3)9-6-11/h4,10-11,14H,1,5-9H2,2-3H3,(H,13,16). The van der Waals surface area contributed by atoms with Crippen LogP contribution >= 0.6 is 0 Å². The molecule has 2 N–H and O–H groups in total. The minimum Gasteiger partial charge on any atom is -0.351 e. The van der Waals surface area contributed by atoms with E-state index in [4.69, 9.17) is 0 Å². The number of nitrogens with zero attached hydrogens (tertiary/aromatic N) is 1. The monoisotopic (exact) mass is 225 g/mol. The minimum atomic E-state index is -0.117. The third kappa shape index (κ3) is 4.33. The van der Waals surface area contributed by atoms with Crippen LogP contribution in [0.15, 0.2) is 12.7 Å². The van der Waals surface area contributed by atoms with E-state index >= 15 is 0 Å². The lowest BCUT2D eigenvalue weighted by molar-refractivity contribution is -0.122. The molecule has 1 heterocycles. The molecule has 1 unspecified atom stereocenters. The molecule has 0 aliphatic carbocycles. The van der Waals surface area contributed by atoms with Crippen molar-refractivity contribution < 1.29 is 4.79 Å². The van der Waals surface area contributed by atoms with Crippen LogP contribution in [-0.4, -0.2) is 49.6 Å². The average molecular weight is 225 g/mol. The van der Waals surface area contributed by atoms with E-state index in [2.05, 4.69) is 29.2 Å². The fourth-order valence-corrected chi connectivity index (χ4v) is 1.93. The Hall–Kier alpha value is -0.870. The quantitative estimate of drug-likeness (QED) is 0.664. The maximum Gasteiger partial charge on any atom is 0.237 e. The zero-order valence-electron chi connectivity index (χ0n) is 10.3. The lowest BCUT2D eigenvalue weighted by Gasteiger charge is -2.31. The van der Waals surface area contributed by atoms with E-state index in [0.717, 1.165) is 25.9 Å². The Morgan fingerprint density at radius 3 is 2.75 bits per heavy atom. The predicted molar refractivity (Wildman–Crippen MR) is 66.3 cm³/mol. The highest BCUT2D eigenvalue weighted by molar-refractivity contribution is 5.81. The smallest absolute Gasteiger partial charge is 0.237 e. The average Bonchev–Trinajstić information content (AvgIpc) is 2.29. The number of hydrogen-bond donors (Lipinski definition) is 2. The summed E-state index contributed by atoms with van der Waals surface area (Å²) in [5.74, 6) is 0.0545. The summed E-state index contributed by atoms with van der Waals surface area (Å²) < 4.78 is 0. The molecule has 1 aliphatic rings. The second kappa shape index (κ2) is 6.66. The van der Waals surface area contributed by atoms with Crippen molar-refractivity contribution in [2.45, 2.75) is 31.8 Å². The van der Waals surface area contributed by atoms with Crippen LogP contribution in [0.4, 0.5) is 0 Å². The molecule has 92 valence electrons. The Bertz CT molecular complexity index is 234. The molecular weight excluding hydrogens is 202 g/mol. The predicted octanol–water partition coefficient (Wildman–Crippen LogP) is 0.361. The highest BCUT2D eigenvalue weighted by Gasteiger charge is 2.20. The van der Waals surface area contributed by atoms with E-state index in [-0.39, 0.29) is 11.9 Å². The Balaban J connectivity index is 2.25. The third-order valence-electron chi connectivity index (χ3n) is 3.02. The second-order valence-electron chi connectivity index (χ2n) is 4.50. The molecule has 1 aliphatic heterocycles. The number of hydrogen-bond acceptors (Lipinski definition) is 3. The Kier molecular flexibility index (Phi) is 5.49. The molecule has 0 spiro atoms. The van der Waals surface area contributed by atoms with E-state index in [1.165, 1.54) is 0 Å². The van der Waals surface area contributed by atoms with Crippen LogP contribution in [0, 0.1) is 0 Å². The normalized spacial score (nSPS) is 20.4. The van der Waals surface area contributed by atoms with Crippen LogP contribution in [-0.2, 0) is 4.79 Å². The highest BCUT2D eigenvalue weighted by Crippen LogP contribution is 2.08. The molecular formula is C12H23N3O. The number of nitrogens with one attached hydrogen (secondary N) is 2. The maximum atomic E-state index is 11.6. The number of carbonyl (C=O) groups is 1. The topological polar surface area (TPSA) is 44.4 Å². The van der Waals surface area contributed by atoms with Gasteiger partial charge >= 0.3 is 0 Å². The van der Waals surface area contributed by atoms with E-state index in [1.807, 2.05) is 6.92 Å². The first-order valence-corrected chi connectivity index (χ1v) is 5.96. The fraction of sp³-hybridized carbons (Fsp3) is 0.750. The first kappa shape index (κ1) is 13.2. The third-order valence-corrected chi connectivity index (χ3v) is 3.02. The summed E-state index contributed by atoms with van der Waals surface area (Å²) >= 11 is 0. The van der Waals surface area contributed by atoms with Gasteiger partial charge in [0.25, 0.3) is 0 Å². The van der Waals surface area contributed by atoms with Crippen molar-refractivity contribution >= 4 is 5.91 Å². The Labute approximate surface area is 98.1 Å². The van der Waals surface area contributed by atoms with Gasteiger partial charge < -0.3 is 15.5 Å². The van der Waals surface area contributed by atoms with Gasteiger partial charge in [-0.25, -0.2) is 0 Å². The first-order valence-electron chi connectivity index (χ1n) is 5.96. The van der Waals surface area contributed by atoms with Crippen molar-refractivity contribution in [2.24, 2.45) is 0 Å². The van der Waals surface area contributed by atoms with E-state index in [0.29, 0.717) is 12.6 Å². The molecule has 4 heteroatoms. The molecule has 16 heavy (non-hydrogen) atoms. The molecule has 0 aromatic carbocycles. The summed E-state index contributed by atoms with van der Waals surface area (Å²) in [6.07, 6.45) is 3.94. The van der Waals surface area contributed by atoms with E-state index in [9.17, 15) is 4.79 Å². The second-order valence-corrected chi connectivity index (χ2v) is 4.50. The summed E-state index contributed by atoms with van der Waals surface area (Å²) in [6.45, 7) is 8.25. The van der Waals surface area contributed by atoms with Gasteiger partial charge in [0.1, 0.15) is 0 Å². The van der Waals surface area contributed by atoms with Crippen molar-refractivity contribution in [3.63, 3.8) is 0 Å². The van der Waals surface area contributed by atoms with Crippen molar-refractivity contribution in [1.82, 2.24) is 15.5 Å². The zero-order chi connectivity index (χ0) is 12.0. The molecule has 0 aromatic rings. The van der Waals surface area contributed by atoms with E-state index < -0.39 is 0 Å². The molecule has 1 rings (SSSR count).